The Kier molecular flexibility index (Phi) is 3.72. The van der Waals surface area contributed by atoms with E-state index >= 15 is 0 Å². The minimum atomic E-state index is -0.511. The summed E-state index contributed by atoms with van der Waals surface area (Å²) in [5.41, 5.74) is 6.48. The first kappa shape index (κ1) is 13.5. The Morgan fingerprint density at radius 3 is 2.65 bits per heavy atom. The van der Waals surface area contributed by atoms with Crippen LogP contribution in [0, 0.1) is 0 Å². The Bertz CT molecular complexity index is 590. The van der Waals surface area contributed by atoms with Gasteiger partial charge in [-0.15, -0.1) is 0 Å². The maximum Gasteiger partial charge on any atom is 0.247 e. The molecule has 0 atom stereocenters. The van der Waals surface area contributed by atoms with Crippen LogP contribution < -0.4 is 5.73 Å². The molecule has 1 fully saturated rings. The second-order valence-corrected chi connectivity index (χ2v) is 5.73. The van der Waals surface area contributed by atoms with Crippen molar-refractivity contribution in [2.75, 3.05) is 0 Å². The second kappa shape index (κ2) is 5.50. The summed E-state index contributed by atoms with van der Waals surface area (Å²) in [6, 6.07) is 3.52. The standard InChI is InChI=1S/C14H17ClN4O/c15-10-6-5-9-17-11(10)12-18-13(20-19-12)14(16)7-3-1-2-4-8-14/h5-6,9H,1-4,7-8,16H2. The molecular formula is C14H17ClN4O. The number of aromatic nitrogens is 3. The lowest BCUT2D eigenvalue weighted by Gasteiger charge is -2.22. The lowest BCUT2D eigenvalue weighted by Crippen LogP contribution is -2.36. The van der Waals surface area contributed by atoms with E-state index in [0.29, 0.717) is 22.4 Å². The molecular weight excluding hydrogens is 276 g/mol. The predicted octanol–water partition coefficient (Wildman–Crippen LogP) is 3.29. The normalized spacial score (nSPS) is 18.7. The molecule has 2 heterocycles. The molecule has 2 aromatic heterocycles. The summed E-state index contributed by atoms with van der Waals surface area (Å²) >= 11 is 6.10. The largest absolute Gasteiger partial charge is 0.337 e. The van der Waals surface area contributed by atoms with Gasteiger partial charge in [-0.1, -0.05) is 42.4 Å². The molecule has 0 radical (unpaired) electrons. The quantitative estimate of drug-likeness (QED) is 0.859. The highest BCUT2D eigenvalue weighted by molar-refractivity contribution is 6.32. The first-order chi connectivity index (χ1) is 9.69. The second-order valence-electron chi connectivity index (χ2n) is 5.33. The number of nitrogens with zero attached hydrogens (tertiary/aromatic N) is 3. The highest BCUT2D eigenvalue weighted by Gasteiger charge is 2.34. The average molecular weight is 293 g/mol. The minimum absolute atomic E-state index is 0.402. The molecule has 0 unspecified atom stereocenters. The summed E-state index contributed by atoms with van der Waals surface area (Å²) in [4.78, 5) is 8.62. The number of pyridine rings is 1. The van der Waals surface area contributed by atoms with Gasteiger partial charge in [-0.3, -0.25) is 4.98 Å². The van der Waals surface area contributed by atoms with Crippen molar-refractivity contribution in [1.82, 2.24) is 15.1 Å². The van der Waals surface area contributed by atoms with Gasteiger partial charge in [0.2, 0.25) is 11.7 Å². The molecule has 20 heavy (non-hydrogen) atoms. The smallest absolute Gasteiger partial charge is 0.247 e. The van der Waals surface area contributed by atoms with Crippen LogP contribution in [0.5, 0.6) is 0 Å². The summed E-state index contributed by atoms with van der Waals surface area (Å²) in [5.74, 6) is 0.899. The van der Waals surface area contributed by atoms with Crippen LogP contribution in [-0.2, 0) is 5.54 Å². The lowest BCUT2D eigenvalue weighted by molar-refractivity contribution is 0.257. The molecule has 1 aliphatic rings. The van der Waals surface area contributed by atoms with Crippen LogP contribution in [0.1, 0.15) is 44.4 Å². The van der Waals surface area contributed by atoms with Crippen molar-refractivity contribution >= 4 is 11.6 Å². The van der Waals surface area contributed by atoms with E-state index in [-0.39, 0.29) is 0 Å². The third-order valence-corrected chi connectivity index (χ3v) is 4.12. The summed E-state index contributed by atoms with van der Waals surface area (Å²) in [7, 11) is 0. The Balaban J connectivity index is 1.92. The average Bonchev–Trinajstić information content (AvgIpc) is 2.84. The van der Waals surface area contributed by atoms with Crippen LogP contribution in [0.3, 0.4) is 0 Å². The fraction of sp³-hybridized carbons (Fsp3) is 0.500. The fourth-order valence-electron chi connectivity index (χ4n) is 2.65. The third kappa shape index (κ3) is 2.55. The van der Waals surface area contributed by atoms with Gasteiger partial charge in [0.25, 0.3) is 0 Å². The topological polar surface area (TPSA) is 77.8 Å². The van der Waals surface area contributed by atoms with E-state index < -0.39 is 5.54 Å². The van der Waals surface area contributed by atoms with Crippen LogP contribution in [0.2, 0.25) is 5.02 Å². The zero-order valence-electron chi connectivity index (χ0n) is 11.2. The molecule has 5 nitrogen and oxygen atoms in total. The van der Waals surface area contributed by atoms with Crippen molar-refractivity contribution in [3.05, 3.63) is 29.2 Å². The monoisotopic (exact) mass is 292 g/mol. The predicted molar refractivity (Wildman–Crippen MR) is 76.1 cm³/mol. The molecule has 2 N–H and O–H groups in total. The maximum absolute atomic E-state index is 6.46. The molecule has 1 saturated carbocycles. The third-order valence-electron chi connectivity index (χ3n) is 3.82. The first-order valence-electron chi connectivity index (χ1n) is 6.93. The van der Waals surface area contributed by atoms with E-state index in [1.165, 1.54) is 12.8 Å². The molecule has 106 valence electrons. The van der Waals surface area contributed by atoms with E-state index in [2.05, 4.69) is 15.1 Å². The first-order valence-corrected chi connectivity index (χ1v) is 7.31. The summed E-state index contributed by atoms with van der Waals surface area (Å²) < 4.78 is 5.39. The molecule has 0 spiro atoms. The summed E-state index contributed by atoms with van der Waals surface area (Å²) in [6.45, 7) is 0. The number of hydrogen-bond acceptors (Lipinski definition) is 5. The van der Waals surface area contributed by atoms with Gasteiger partial charge in [0, 0.05) is 6.20 Å². The summed E-state index contributed by atoms with van der Waals surface area (Å²) in [5, 5.41) is 4.49. The molecule has 2 aromatic rings. The summed E-state index contributed by atoms with van der Waals surface area (Å²) in [6.07, 6.45) is 8.03. The maximum atomic E-state index is 6.46. The molecule has 1 aliphatic carbocycles. The van der Waals surface area contributed by atoms with E-state index in [4.69, 9.17) is 21.9 Å². The van der Waals surface area contributed by atoms with Gasteiger partial charge in [0.05, 0.1) is 10.6 Å². The highest BCUT2D eigenvalue weighted by atomic mass is 35.5. The molecule has 0 amide bonds. The van der Waals surface area contributed by atoms with Crippen LogP contribution >= 0.6 is 11.6 Å². The molecule has 6 heteroatoms. The SMILES string of the molecule is NC1(c2nc(-c3ncccc3Cl)no2)CCCCCC1. The van der Waals surface area contributed by atoms with Gasteiger partial charge in [-0.05, 0) is 25.0 Å². The van der Waals surface area contributed by atoms with Gasteiger partial charge < -0.3 is 10.3 Å². The van der Waals surface area contributed by atoms with Crippen molar-refractivity contribution in [2.24, 2.45) is 5.73 Å². The lowest BCUT2D eigenvalue weighted by atomic mass is 9.91. The van der Waals surface area contributed by atoms with Crippen LogP contribution in [0.15, 0.2) is 22.9 Å². The van der Waals surface area contributed by atoms with Crippen molar-refractivity contribution in [1.29, 1.82) is 0 Å². The van der Waals surface area contributed by atoms with E-state index in [1.54, 1.807) is 18.3 Å². The van der Waals surface area contributed by atoms with Gasteiger partial charge in [0.1, 0.15) is 5.69 Å². The van der Waals surface area contributed by atoms with Crippen molar-refractivity contribution in [2.45, 2.75) is 44.1 Å². The number of hydrogen-bond donors (Lipinski definition) is 1. The zero-order valence-corrected chi connectivity index (χ0v) is 11.9. The Morgan fingerprint density at radius 2 is 1.95 bits per heavy atom. The van der Waals surface area contributed by atoms with E-state index in [0.717, 1.165) is 25.7 Å². The molecule has 0 saturated heterocycles. The van der Waals surface area contributed by atoms with Crippen LogP contribution in [0.25, 0.3) is 11.5 Å². The number of halogens is 1. The zero-order chi connectivity index (χ0) is 14.0. The van der Waals surface area contributed by atoms with Crippen LogP contribution in [0.4, 0.5) is 0 Å². The Labute approximate surface area is 122 Å². The van der Waals surface area contributed by atoms with Gasteiger partial charge >= 0.3 is 0 Å². The van der Waals surface area contributed by atoms with Gasteiger partial charge in [0.15, 0.2) is 0 Å². The highest BCUT2D eigenvalue weighted by Crippen LogP contribution is 2.34. The van der Waals surface area contributed by atoms with Crippen molar-refractivity contribution in [3.8, 4) is 11.5 Å². The van der Waals surface area contributed by atoms with E-state index in [9.17, 15) is 0 Å². The number of nitrogens with two attached hydrogens (primary N) is 1. The van der Waals surface area contributed by atoms with Crippen LogP contribution in [-0.4, -0.2) is 15.1 Å². The minimum Gasteiger partial charge on any atom is -0.337 e. The van der Waals surface area contributed by atoms with Gasteiger partial charge in [-0.25, -0.2) is 0 Å². The van der Waals surface area contributed by atoms with Crippen molar-refractivity contribution in [3.63, 3.8) is 0 Å². The fourth-order valence-corrected chi connectivity index (χ4v) is 2.85. The van der Waals surface area contributed by atoms with E-state index in [1.807, 2.05) is 0 Å². The molecule has 0 aromatic carbocycles. The Hall–Kier alpha value is -1.46. The van der Waals surface area contributed by atoms with Crippen molar-refractivity contribution < 1.29 is 4.52 Å². The Morgan fingerprint density at radius 1 is 1.20 bits per heavy atom. The molecule has 3 rings (SSSR count). The molecule has 0 aliphatic heterocycles. The number of rotatable bonds is 2. The molecule has 0 bridgehead atoms. The van der Waals surface area contributed by atoms with Gasteiger partial charge in [-0.2, -0.15) is 4.98 Å².